The van der Waals surface area contributed by atoms with Gasteiger partial charge >= 0.3 is 0 Å². The lowest BCUT2D eigenvalue weighted by Gasteiger charge is -1.93. The fourth-order valence-corrected chi connectivity index (χ4v) is 0.690. The van der Waals surface area contributed by atoms with Gasteiger partial charge in [-0.2, -0.15) is 0 Å². The molecule has 0 aromatic carbocycles. The molecule has 0 saturated carbocycles. The lowest BCUT2D eigenvalue weighted by molar-refractivity contribution is -0.119. The van der Waals surface area contributed by atoms with Gasteiger partial charge in [0.2, 0.25) is 5.91 Å². The topological polar surface area (TPSA) is 46.2 Å². The Morgan fingerprint density at radius 3 is 2.42 bits per heavy atom. The molecule has 3 nitrogen and oxygen atoms in total. The molecule has 0 spiro atoms. The van der Waals surface area contributed by atoms with Gasteiger partial charge in [0, 0.05) is 19.9 Å². The van der Waals surface area contributed by atoms with E-state index < -0.39 is 0 Å². The molecular formula is C9H15NO2. The minimum atomic E-state index is -0.0359. The molecule has 0 aliphatic carbocycles. The molecule has 0 aliphatic heterocycles. The number of ketones is 1. The molecule has 0 aliphatic rings. The summed E-state index contributed by atoms with van der Waals surface area (Å²) in [6, 6.07) is 0. The molecule has 0 fully saturated rings. The summed E-state index contributed by atoms with van der Waals surface area (Å²) in [5.41, 5.74) is 0. The smallest absolute Gasteiger partial charge is 0.217 e. The second-order valence-electron chi connectivity index (χ2n) is 2.65. The Kier molecular flexibility index (Phi) is 5.97. The van der Waals surface area contributed by atoms with E-state index in [0.29, 0.717) is 13.0 Å². The molecule has 68 valence electrons. The Labute approximate surface area is 72.8 Å². The maximum atomic E-state index is 10.5. The molecule has 0 aromatic heterocycles. The normalized spacial score (nSPS) is 10.2. The van der Waals surface area contributed by atoms with E-state index in [4.69, 9.17) is 0 Å². The van der Waals surface area contributed by atoms with Crippen molar-refractivity contribution in [3.8, 4) is 0 Å². The van der Waals surface area contributed by atoms with E-state index in [1.54, 1.807) is 6.92 Å². The summed E-state index contributed by atoms with van der Waals surface area (Å²) in [6.07, 6.45) is 5.09. The van der Waals surface area contributed by atoms with E-state index in [0.717, 1.165) is 6.42 Å². The predicted molar refractivity (Wildman–Crippen MR) is 47.7 cm³/mol. The van der Waals surface area contributed by atoms with Crippen molar-refractivity contribution in [3.63, 3.8) is 0 Å². The first-order valence-corrected chi connectivity index (χ1v) is 4.02. The van der Waals surface area contributed by atoms with Crippen LogP contribution in [0.4, 0.5) is 0 Å². The number of Topliss-reactive ketones (excluding diaryl/α,β-unsaturated/α-hetero) is 1. The van der Waals surface area contributed by atoms with Crippen molar-refractivity contribution in [2.24, 2.45) is 0 Å². The van der Waals surface area contributed by atoms with Gasteiger partial charge in [-0.1, -0.05) is 12.2 Å². The summed E-state index contributed by atoms with van der Waals surface area (Å²) in [5, 5.41) is 2.62. The highest BCUT2D eigenvalue weighted by Gasteiger charge is 1.88. The molecule has 0 radical (unpaired) electrons. The molecule has 0 unspecified atom stereocenters. The van der Waals surface area contributed by atoms with Gasteiger partial charge in [0.25, 0.3) is 0 Å². The van der Waals surface area contributed by atoms with E-state index in [1.807, 2.05) is 12.2 Å². The largest absolute Gasteiger partial charge is 0.353 e. The van der Waals surface area contributed by atoms with Crippen molar-refractivity contribution in [2.75, 3.05) is 6.54 Å². The Hall–Kier alpha value is -1.12. The van der Waals surface area contributed by atoms with Crippen molar-refractivity contribution in [1.82, 2.24) is 5.32 Å². The van der Waals surface area contributed by atoms with Crippen LogP contribution in [0.5, 0.6) is 0 Å². The fraction of sp³-hybridized carbons (Fsp3) is 0.556. The van der Waals surface area contributed by atoms with Gasteiger partial charge < -0.3 is 10.1 Å². The molecule has 0 rings (SSSR count). The van der Waals surface area contributed by atoms with E-state index in [-0.39, 0.29) is 11.7 Å². The zero-order valence-electron chi connectivity index (χ0n) is 7.59. The van der Waals surface area contributed by atoms with Gasteiger partial charge in [-0.3, -0.25) is 4.79 Å². The van der Waals surface area contributed by atoms with Gasteiger partial charge in [0.15, 0.2) is 0 Å². The average molecular weight is 169 g/mol. The number of rotatable bonds is 5. The Morgan fingerprint density at radius 1 is 1.25 bits per heavy atom. The molecular weight excluding hydrogens is 154 g/mol. The monoisotopic (exact) mass is 169 g/mol. The number of carbonyl (C=O) groups is 2. The second-order valence-corrected chi connectivity index (χ2v) is 2.65. The van der Waals surface area contributed by atoms with Crippen LogP contribution < -0.4 is 5.32 Å². The van der Waals surface area contributed by atoms with Crippen LogP contribution in [0.3, 0.4) is 0 Å². The summed E-state index contributed by atoms with van der Waals surface area (Å²) >= 11 is 0. The van der Waals surface area contributed by atoms with Gasteiger partial charge in [-0.25, -0.2) is 0 Å². The molecule has 0 saturated heterocycles. The molecule has 3 heteroatoms. The second kappa shape index (κ2) is 6.58. The van der Waals surface area contributed by atoms with Crippen LogP contribution in [0.15, 0.2) is 12.2 Å². The van der Waals surface area contributed by atoms with E-state index in [2.05, 4.69) is 5.32 Å². The molecule has 12 heavy (non-hydrogen) atoms. The number of allylic oxidation sites excluding steroid dienone is 1. The first-order chi connectivity index (χ1) is 5.63. The van der Waals surface area contributed by atoms with E-state index >= 15 is 0 Å². The maximum absolute atomic E-state index is 10.5. The number of nitrogens with one attached hydrogen (secondary N) is 1. The Morgan fingerprint density at radius 2 is 1.92 bits per heavy atom. The summed E-state index contributed by atoms with van der Waals surface area (Å²) in [5.74, 6) is 0.158. The maximum Gasteiger partial charge on any atom is 0.217 e. The van der Waals surface area contributed by atoms with Crippen LogP contribution in [-0.4, -0.2) is 18.2 Å². The molecule has 0 atom stereocenters. The highest BCUT2D eigenvalue weighted by Crippen LogP contribution is 1.90. The van der Waals surface area contributed by atoms with Crippen molar-refractivity contribution in [1.29, 1.82) is 0 Å². The SMILES string of the molecule is CC(=O)CC/C=C/CNC(C)=O. The van der Waals surface area contributed by atoms with Crippen LogP contribution in [0.25, 0.3) is 0 Å². The van der Waals surface area contributed by atoms with Gasteiger partial charge in [-0.05, 0) is 13.3 Å². The van der Waals surface area contributed by atoms with Crippen molar-refractivity contribution >= 4 is 11.7 Å². The molecule has 1 amide bonds. The van der Waals surface area contributed by atoms with Crippen LogP contribution in [0, 0.1) is 0 Å². The van der Waals surface area contributed by atoms with Gasteiger partial charge in [0.05, 0.1) is 0 Å². The standard InChI is InChI=1S/C9H15NO2/c1-8(11)6-4-3-5-7-10-9(2)12/h3,5H,4,6-7H2,1-2H3,(H,10,12)/b5-3+. The molecule has 0 heterocycles. The van der Waals surface area contributed by atoms with Crippen molar-refractivity contribution < 1.29 is 9.59 Å². The quantitative estimate of drug-likeness (QED) is 0.625. The zero-order chi connectivity index (χ0) is 9.40. The summed E-state index contributed by atoms with van der Waals surface area (Å²) < 4.78 is 0. The van der Waals surface area contributed by atoms with Gasteiger partial charge in [0.1, 0.15) is 5.78 Å². The van der Waals surface area contributed by atoms with Crippen LogP contribution in [0.1, 0.15) is 26.7 Å². The number of amides is 1. The number of hydrogen-bond acceptors (Lipinski definition) is 2. The average Bonchev–Trinajstić information content (AvgIpc) is 1.95. The molecule has 0 bridgehead atoms. The zero-order valence-corrected chi connectivity index (χ0v) is 7.59. The minimum Gasteiger partial charge on any atom is -0.353 e. The first-order valence-electron chi connectivity index (χ1n) is 4.02. The molecule has 0 aromatic rings. The molecule has 1 N–H and O–H groups in total. The highest BCUT2D eigenvalue weighted by atomic mass is 16.1. The third kappa shape index (κ3) is 8.88. The summed E-state index contributed by atoms with van der Waals surface area (Å²) in [6.45, 7) is 3.60. The van der Waals surface area contributed by atoms with E-state index in [1.165, 1.54) is 6.92 Å². The Balaban J connectivity index is 3.26. The summed E-state index contributed by atoms with van der Waals surface area (Å²) in [7, 11) is 0. The third-order valence-corrected chi connectivity index (χ3v) is 1.30. The lowest BCUT2D eigenvalue weighted by Crippen LogP contribution is -2.19. The van der Waals surface area contributed by atoms with E-state index in [9.17, 15) is 9.59 Å². The number of hydrogen-bond donors (Lipinski definition) is 1. The first kappa shape index (κ1) is 10.9. The van der Waals surface area contributed by atoms with Crippen LogP contribution >= 0.6 is 0 Å². The predicted octanol–water partition coefficient (Wildman–Crippen LogP) is 1.05. The van der Waals surface area contributed by atoms with Crippen molar-refractivity contribution in [3.05, 3.63) is 12.2 Å². The minimum absolute atomic E-state index is 0.0359. The highest BCUT2D eigenvalue weighted by molar-refractivity contribution is 5.75. The van der Waals surface area contributed by atoms with Crippen LogP contribution in [-0.2, 0) is 9.59 Å². The fourth-order valence-electron chi connectivity index (χ4n) is 0.690. The Bertz CT molecular complexity index is 165. The van der Waals surface area contributed by atoms with Gasteiger partial charge in [-0.15, -0.1) is 0 Å². The van der Waals surface area contributed by atoms with Crippen LogP contribution in [0.2, 0.25) is 0 Å². The van der Waals surface area contributed by atoms with Crippen molar-refractivity contribution in [2.45, 2.75) is 26.7 Å². The number of carbonyl (C=O) groups excluding carboxylic acids is 2. The summed E-state index contributed by atoms with van der Waals surface area (Å²) in [4.78, 5) is 20.9. The third-order valence-electron chi connectivity index (χ3n) is 1.30. The lowest BCUT2D eigenvalue weighted by atomic mass is 10.2.